The predicted octanol–water partition coefficient (Wildman–Crippen LogP) is 1.36. The monoisotopic (exact) mass is 297 g/mol. The highest BCUT2D eigenvalue weighted by atomic mass is 16.2. The number of nitrogens with zero attached hydrogens (tertiary/aromatic N) is 1. The molecule has 1 fully saturated rings. The summed E-state index contributed by atoms with van der Waals surface area (Å²) >= 11 is 0. The minimum atomic E-state index is -0.935. The highest BCUT2D eigenvalue weighted by Crippen LogP contribution is 2.19. The number of amides is 4. The molecule has 0 atom stereocenters. The maximum Gasteiger partial charge on any atom is 0.325 e. The summed E-state index contributed by atoms with van der Waals surface area (Å²) in [6.07, 6.45) is 0. The van der Waals surface area contributed by atoms with Crippen molar-refractivity contribution in [3.8, 4) is 0 Å². The first-order chi connectivity index (χ1) is 9.56. The second kappa shape index (κ2) is 6.45. The molecular formula is C15H27N3O3. The molecule has 0 bridgehead atoms. The Morgan fingerprint density at radius 1 is 1.19 bits per heavy atom. The van der Waals surface area contributed by atoms with Gasteiger partial charge in [-0.1, -0.05) is 27.7 Å². The molecule has 0 aliphatic carbocycles. The van der Waals surface area contributed by atoms with Gasteiger partial charge in [-0.3, -0.25) is 14.5 Å². The van der Waals surface area contributed by atoms with E-state index < -0.39 is 11.6 Å². The van der Waals surface area contributed by atoms with Gasteiger partial charge in [0.25, 0.3) is 5.91 Å². The number of carbonyl (C=O) groups is 3. The van der Waals surface area contributed by atoms with Gasteiger partial charge >= 0.3 is 6.03 Å². The lowest BCUT2D eigenvalue weighted by Gasteiger charge is -2.25. The third-order valence-electron chi connectivity index (χ3n) is 3.99. The molecule has 2 N–H and O–H groups in total. The average Bonchev–Trinajstić information content (AvgIpc) is 2.51. The van der Waals surface area contributed by atoms with E-state index >= 15 is 0 Å². The van der Waals surface area contributed by atoms with E-state index in [-0.39, 0.29) is 18.4 Å². The Hall–Kier alpha value is -1.59. The normalized spacial score (nSPS) is 17.9. The first-order valence-corrected chi connectivity index (χ1v) is 7.47. The van der Waals surface area contributed by atoms with Crippen LogP contribution in [0.1, 0.15) is 41.5 Å². The van der Waals surface area contributed by atoms with Gasteiger partial charge in [0.1, 0.15) is 12.1 Å². The Labute approximate surface area is 126 Å². The highest BCUT2D eigenvalue weighted by Gasteiger charge is 2.44. The molecule has 21 heavy (non-hydrogen) atoms. The topological polar surface area (TPSA) is 78.5 Å². The van der Waals surface area contributed by atoms with Crippen LogP contribution in [0.25, 0.3) is 0 Å². The number of carbonyl (C=O) groups excluding carboxylic acids is 3. The van der Waals surface area contributed by atoms with Gasteiger partial charge in [-0.05, 0) is 31.6 Å². The first-order valence-electron chi connectivity index (χ1n) is 7.47. The summed E-state index contributed by atoms with van der Waals surface area (Å²) < 4.78 is 0. The molecule has 1 aliphatic rings. The maximum atomic E-state index is 12.0. The average molecular weight is 297 g/mol. The summed E-state index contributed by atoms with van der Waals surface area (Å²) in [4.78, 5) is 36.6. The zero-order chi connectivity index (χ0) is 16.4. The van der Waals surface area contributed by atoms with Crippen molar-refractivity contribution < 1.29 is 14.4 Å². The van der Waals surface area contributed by atoms with E-state index in [1.54, 1.807) is 13.8 Å². The largest absolute Gasteiger partial charge is 0.354 e. The number of nitrogens with one attached hydrogen (secondary N) is 2. The van der Waals surface area contributed by atoms with E-state index in [1.807, 2.05) is 0 Å². The van der Waals surface area contributed by atoms with Gasteiger partial charge in [0.05, 0.1) is 0 Å². The summed E-state index contributed by atoms with van der Waals surface area (Å²) in [6.45, 7) is 12.1. The van der Waals surface area contributed by atoms with E-state index in [0.29, 0.717) is 24.3 Å². The lowest BCUT2D eigenvalue weighted by molar-refractivity contribution is -0.134. The van der Waals surface area contributed by atoms with E-state index in [4.69, 9.17) is 0 Å². The molecule has 0 saturated carbocycles. The Balaban J connectivity index is 2.55. The van der Waals surface area contributed by atoms with Crippen LogP contribution in [0.2, 0.25) is 0 Å². The molecule has 1 aliphatic heterocycles. The second-order valence-electron chi connectivity index (χ2n) is 6.90. The number of hydrogen-bond acceptors (Lipinski definition) is 3. The van der Waals surface area contributed by atoms with Crippen molar-refractivity contribution in [1.29, 1.82) is 0 Å². The van der Waals surface area contributed by atoms with Crippen molar-refractivity contribution in [2.24, 2.45) is 17.8 Å². The minimum Gasteiger partial charge on any atom is -0.354 e. The van der Waals surface area contributed by atoms with Crippen LogP contribution < -0.4 is 10.6 Å². The molecular weight excluding hydrogens is 270 g/mol. The van der Waals surface area contributed by atoms with Gasteiger partial charge in [-0.2, -0.15) is 0 Å². The molecule has 1 rings (SSSR count). The Morgan fingerprint density at radius 2 is 1.71 bits per heavy atom. The summed E-state index contributed by atoms with van der Waals surface area (Å²) in [5.41, 5.74) is -0.935. The molecule has 0 aromatic heterocycles. The third-order valence-corrected chi connectivity index (χ3v) is 3.99. The predicted molar refractivity (Wildman–Crippen MR) is 80.5 cm³/mol. The van der Waals surface area contributed by atoms with Crippen LogP contribution in [0, 0.1) is 17.8 Å². The SMILES string of the molecule is CC(C)C(CNC(=O)CN1C(=O)NC(C)(C)C1=O)C(C)C. The van der Waals surface area contributed by atoms with Gasteiger partial charge in [0.2, 0.25) is 5.91 Å². The lowest BCUT2D eigenvalue weighted by Crippen LogP contribution is -2.44. The van der Waals surface area contributed by atoms with E-state index in [1.165, 1.54) is 0 Å². The van der Waals surface area contributed by atoms with Crippen molar-refractivity contribution in [3.63, 3.8) is 0 Å². The van der Waals surface area contributed by atoms with Crippen molar-refractivity contribution >= 4 is 17.8 Å². The number of hydrogen-bond donors (Lipinski definition) is 2. The van der Waals surface area contributed by atoms with Crippen LogP contribution in [-0.2, 0) is 9.59 Å². The van der Waals surface area contributed by atoms with Gasteiger partial charge in [0, 0.05) is 6.54 Å². The lowest BCUT2D eigenvalue weighted by atomic mass is 9.85. The number of rotatable bonds is 6. The summed E-state index contributed by atoms with van der Waals surface area (Å²) in [6, 6.07) is -0.510. The van der Waals surface area contributed by atoms with Crippen LogP contribution in [0.5, 0.6) is 0 Å². The molecule has 0 aromatic carbocycles. The molecule has 0 unspecified atom stereocenters. The minimum absolute atomic E-state index is 0.225. The van der Waals surface area contributed by atoms with Gasteiger partial charge in [-0.25, -0.2) is 4.79 Å². The molecule has 0 spiro atoms. The molecule has 1 saturated heterocycles. The zero-order valence-corrected chi connectivity index (χ0v) is 13.8. The Kier molecular flexibility index (Phi) is 5.36. The summed E-state index contributed by atoms with van der Waals surface area (Å²) in [5.74, 6) is 0.616. The van der Waals surface area contributed by atoms with E-state index in [0.717, 1.165) is 4.90 Å². The second-order valence-corrected chi connectivity index (χ2v) is 6.90. The quantitative estimate of drug-likeness (QED) is 0.727. The van der Waals surface area contributed by atoms with Crippen LogP contribution in [0.3, 0.4) is 0 Å². The Bertz CT molecular complexity index is 422. The Morgan fingerprint density at radius 3 is 2.10 bits per heavy atom. The van der Waals surface area contributed by atoms with Crippen LogP contribution in [0.4, 0.5) is 4.79 Å². The molecule has 6 heteroatoms. The summed E-state index contributed by atoms with van der Waals surface area (Å²) in [7, 11) is 0. The van der Waals surface area contributed by atoms with Gasteiger partial charge in [0.15, 0.2) is 0 Å². The van der Waals surface area contributed by atoms with Crippen LogP contribution >= 0.6 is 0 Å². The van der Waals surface area contributed by atoms with Crippen molar-refractivity contribution in [1.82, 2.24) is 15.5 Å². The summed E-state index contributed by atoms with van der Waals surface area (Å²) in [5, 5.41) is 5.39. The fourth-order valence-electron chi connectivity index (χ4n) is 2.63. The molecule has 0 radical (unpaired) electrons. The van der Waals surface area contributed by atoms with Gasteiger partial charge < -0.3 is 10.6 Å². The number of imide groups is 1. The molecule has 6 nitrogen and oxygen atoms in total. The van der Waals surface area contributed by atoms with Crippen LogP contribution in [0.15, 0.2) is 0 Å². The van der Waals surface area contributed by atoms with Crippen LogP contribution in [-0.4, -0.2) is 41.4 Å². The molecule has 0 aromatic rings. The molecule has 1 heterocycles. The van der Waals surface area contributed by atoms with Crippen molar-refractivity contribution in [2.45, 2.75) is 47.1 Å². The highest BCUT2D eigenvalue weighted by molar-refractivity contribution is 6.08. The molecule has 120 valence electrons. The van der Waals surface area contributed by atoms with Crippen molar-refractivity contribution in [2.75, 3.05) is 13.1 Å². The third kappa shape index (κ3) is 4.19. The maximum absolute atomic E-state index is 12.0. The molecule has 4 amide bonds. The first kappa shape index (κ1) is 17.5. The van der Waals surface area contributed by atoms with E-state index in [9.17, 15) is 14.4 Å². The smallest absolute Gasteiger partial charge is 0.325 e. The zero-order valence-electron chi connectivity index (χ0n) is 13.8. The van der Waals surface area contributed by atoms with Gasteiger partial charge in [-0.15, -0.1) is 0 Å². The number of urea groups is 1. The van der Waals surface area contributed by atoms with Crippen molar-refractivity contribution in [3.05, 3.63) is 0 Å². The van der Waals surface area contributed by atoms with E-state index in [2.05, 4.69) is 38.3 Å². The standard InChI is InChI=1S/C15H27N3O3/c1-9(2)11(10(3)4)7-16-12(19)8-18-13(20)15(5,6)17-14(18)21/h9-11H,7-8H2,1-6H3,(H,16,19)(H,17,21). The fraction of sp³-hybridized carbons (Fsp3) is 0.800. The fourth-order valence-corrected chi connectivity index (χ4v) is 2.63.